The minimum atomic E-state index is -0.417. The molecule has 0 aliphatic rings. The topological polar surface area (TPSA) is 54.9 Å². The Morgan fingerprint density at radius 1 is 1.38 bits per heavy atom. The van der Waals surface area contributed by atoms with E-state index in [1.807, 2.05) is 0 Å². The average Bonchev–Trinajstić information content (AvgIpc) is 2.02. The molecule has 13 heavy (non-hydrogen) atoms. The molecule has 0 aliphatic heterocycles. The molecular formula is C6H4Cl3N3O. The van der Waals surface area contributed by atoms with E-state index in [2.05, 4.69) is 15.3 Å². The van der Waals surface area contributed by atoms with Gasteiger partial charge in [0.2, 0.25) is 11.9 Å². The minimum absolute atomic E-state index is 0.0446. The van der Waals surface area contributed by atoms with Crippen LogP contribution in [-0.4, -0.2) is 21.8 Å². The van der Waals surface area contributed by atoms with Crippen LogP contribution in [0.5, 0.6) is 0 Å². The highest BCUT2D eigenvalue weighted by atomic mass is 35.5. The van der Waals surface area contributed by atoms with Gasteiger partial charge in [-0.25, -0.2) is 9.97 Å². The Labute approximate surface area is 89.2 Å². The van der Waals surface area contributed by atoms with E-state index in [1.54, 1.807) is 0 Å². The van der Waals surface area contributed by atoms with E-state index in [1.165, 1.54) is 6.07 Å². The SMILES string of the molecule is O=C(CCl)Nc1nc(Cl)cc(Cl)n1. The molecule has 0 radical (unpaired) electrons. The number of halogens is 3. The molecule has 0 unspecified atom stereocenters. The Morgan fingerprint density at radius 2 is 1.92 bits per heavy atom. The van der Waals surface area contributed by atoms with E-state index in [0.29, 0.717) is 0 Å². The first-order valence-electron chi connectivity index (χ1n) is 3.17. The fraction of sp³-hybridized carbons (Fsp3) is 0.167. The van der Waals surface area contributed by atoms with Gasteiger partial charge in [-0.15, -0.1) is 11.6 Å². The molecule has 0 fully saturated rings. The number of anilines is 1. The maximum atomic E-state index is 10.8. The normalized spacial score (nSPS) is 9.77. The molecule has 0 bridgehead atoms. The summed E-state index contributed by atoms with van der Waals surface area (Å²) in [5.74, 6) is -0.545. The second kappa shape index (κ2) is 4.60. The lowest BCUT2D eigenvalue weighted by atomic mass is 10.6. The number of carbonyl (C=O) groups is 1. The summed E-state index contributed by atoms with van der Waals surface area (Å²) in [6, 6.07) is 1.36. The van der Waals surface area contributed by atoms with Crippen LogP contribution in [0.2, 0.25) is 10.3 Å². The Bertz CT molecular complexity index is 311. The molecule has 7 heteroatoms. The predicted octanol–water partition coefficient (Wildman–Crippen LogP) is 1.96. The van der Waals surface area contributed by atoms with Crippen molar-refractivity contribution in [2.75, 3.05) is 11.2 Å². The van der Waals surface area contributed by atoms with Gasteiger partial charge in [0, 0.05) is 6.07 Å². The summed E-state index contributed by atoms with van der Waals surface area (Å²) in [6.45, 7) is 0. The first-order chi connectivity index (χ1) is 6.11. The standard InChI is InChI=1S/C6H4Cl3N3O/c7-2-5(13)12-6-10-3(8)1-4(9)11-6/h1H,2H2,(H,10,11,12,13). The Balaban J connectivity index is 2.83. The first-order valence-corrected chi connectivity index (χ1v) is 4.47. The van der Waals surface area contributed by atoms with Crippen LogP contribution in [0, 0.1) is 0 Å². The second-order valence-electron chi connectivity index (χ2n) is 2.02. The highest BCUT2D eigenvalue weighted by Crippen LogP contribution is 2.13. The Kier molecular flexibility index (Phi) is 3.71. The van der Waals surface area contributed by atoms with Gasteiger partial charge in [0.1, 0.15) is 16.2 Å². The summed E-state index contributed by atoms with van der Waals surface area (Å²) in [5.41, 5.74) is 0. The number of nitrogens with one attached hydrogen (secondary N) is 1. The van der Waals surface area contributed by atoms with Crippen LogP contribution in [0.15, 0.2) is 6.07 Å². The maximum Gasteiger partial charge on any atom is 0.241 e. The fourth-order valence-corrected chi connectivity index (χ4v) is 1.09. The summed E-state index contributed by atoms with van der Waals surface area (Å²) in [4.78, 5) is 18.2. The highest BCUT2D eigenvalue weighted by Gasteiger charge is 2.04. The summed E-state index contributed by atoms with van der Waals surface area (Å²) in [6.07, 6.45) is 0. The third kappa shape index (κ3) is 3.34. The number of amides is 1. The number of aromatic nitrogens is 2. The van der Waals surface area contributed by atoms with Crippen LogP contribution in [0.1, 0.15) is 0 Å². The predicted molar refractivity (Wildman–Crippen MR) is 51.4 cm³/mol. The van der Waals surface area contributed by atoms with Crippen molar-refractivity contribution >= 4 is 46.7 Å². The van der Waals surface area contributed by atoms with Gasteiger partial charge >= 0.3 is 0 Å². The third-order valence-electron chi connectivity index (χ3n) is 1.04. The molecule has 0 spiro atoms. The fourth-order valence-electron chi connectivity index (χ4n) is 0.604. The van der Waals surface area contributed by atoms with Gasteiger partial charge in [-0.1, -0.05) is 23.2 Å². The third-order valence-corrected chi connectivity index (χ3v) is 1.67. The van der Waals surface area contributed by atoms with E-state index in [9.17, 15) is 4.79 Å². The molecule has 1 heterocycles. The van der Waals surface area contributed by atoms with Crippen molar-refractivity contribution in [3.05, 3.63) is 16.4 Å². The van der Waals surface area contributed by atoms with Crippen molar-refractivity contribution in [1.29, 1.82) is 0 Å². The number of rotatable bonds is 2. The molecule has 1 amide bonds. The average molecular weight is 240 g/mol. The molecule has 1 N–H and O–H groups in total. The molecule has 0 atom stereocenters. The van der Waals surface area contributed by atoms with Crippen LogP contribution in [-0.2, 0) is 4.79 Å². The molecule has 1 aromatic heterocycles. The summed E-state index contributed by atoms with van der Waals surface area (Å²) in [7, 11) is 0. The minimum Gasteiger partial charge on any atom is -0.293 e. The lowest BCUT2D eigenvalue weighted by molar-refractivity contribution is -0.114. The number of alkyl halides is 1. The zero-order valence-corrected chi connectivity index (χ0v) is 8.49. The van der Waals surface area contributed by atoms with Crippen molar-refractivity contribution in [3.63, 3.8) is 0 Å². The molecule has 0 aliphatic carbocycles. The number of nitrogens with zero attached hydrogens (tertiary/aromatic N) is 2. The van der Waals surface area contributed by atoms with Crippen molar-refractivity contribution in [2.24, 2.45) is 0 Å². The zero-order chi connectivity index (χ0) is 9.84. The summed E-state index contributed by atoms with van der Waals surface area (Å²) < 4.78 is 0. The lowest BCUT2D eigenvalue weighted by Gasteiger charge is -2.00. The number of hydrogen-bond donors (Lipinski definition) is 1. The van der Waals surface area contributed by atoms with Crippen molar-refractivity contribution in [3.8, 4) is 0 Å². The van der Waals surface area contributed by atoms with Gasteiger partial charge in [-0.05, 0) is 0 Å². The van der Waals surface area contributed by atoms with Gasteiger partial charge in [0.25, 0.3) is 0 Å². The molecule has 1 aromatic rings. The Morgan fingerprint density at radius 3 is 2.38 bits per heavy atom. The smallest absolute Gasteiger partial charge is 0.241 e. The largest absolute Gasteiger partial charge is 0.293 e. The monoisotopic (exact) mass is 239 g/mol. The summed E-state index contributed by atoms with van der Waals surface area (Å²) in [5, 5.41) is 2.63. The molecule has 70 valence electrons. The van der Waals surface area contributed by atoms with Crippen LogP contribution in [0.25, 0.3) is 0 Å². The van der Waals surface area contributed by atoms with Crippen LogP contribution < -0.4 is 5.32 Å². The lowest BCUT2D eigenvalue weighted by Crippen LogP contribution is -2.14. The molecule has 0 saturated carbocycles. The highest BCUT2D eigenvalue weighted by molar-refractivity contribution is 6.33. The number of hydrogen-bond acceptors (Lipinski definition) is 3. The second-order valence-corrected chi connectivity index (χ2v) is 3.06. The van der Waals surface area contributed by atoms with Crippen molar-refractivity contribution in [2.45, 2.75) is 0 Å². The van der Waals surface area contributed by atoms with E-state index in [-0.39, 0.29) is 22.1 Å². The van der Waals surface area contributed by atoms with E-state index >= 15 is 0 Å². The van der Waals surface area contributed by atoms with Crippen molar-refractivity contribution < 1.29 is 4.79 Å². The molecule has 0 aromatic carbocycles. The van der Waals surface area contributed by atoms with Gasteiger partial charge in [0.05, 0.1) is 0 Å². The quantitative estimate of drug-likeness (QED) is 0.635. The maximum absolute atomic E-state index is 10.8. The van der Waals surface area contributed by atoms with Crippen LogP contribution in [0.3, 0.4) is 0 Å². The van der Waals surface area contributed by atoms with Crippen molar-refractivity contribution in [1.82, 2.24) is 9.97 Å². The van der Waals surface area contributed by atoms with E-state index < -0.39 is 5.91 Å². The van der Waals surface area contributed by atoms with Gasteiger partial charge < -0.3 is 0 Å². The van der Waals surface area contributed by atoms with Crippen LogP contribution >= 0.6 is 34.8 Å². The zero-order valence-electron chi connectivity index (χ0n) is 6.22. The molecule has 4 nitrogen and oxygen atoms in total. The number of carbonyl (C=O) groups excluding carboxylic acids is 1. The van der Waals surface area contributed by atoms with Crippen LogP contribution in [0.4, 0.5) is 5.95 Å². The molecule has 1 rings (SSSR count). The van der Waals surface area contributed by atoms with E-state index in [4.69, 9.17) is 34.8 Å². The van der Waals surface area contributed by atoms with Gasteiger partial charge in [0.15, 0.2) is 0 Å². The van der Waals surface area contributed by atoms with Gasteiger partial charge in [-0.3, -0.25) is 10.1 Å². The van der Waals surface area contributed by atoms with Gasteiger partial charge in [-0.2, -0.15) is 0 Å². The van der Waals surface area contributed by atoms with E-state index in [0.717, 1.165) is 0 Å². The molecule has 0 saturated heterocycles. The molecular weight excluding hydrogens is 236 g/mol. The first kappa shape index (κ1) is 10.5. The summed E-state index contributed by atoms with van der Waals surface area (Å²) >= 11 is 16.4. The Hall–Kier alpha value is -0.580.